The van der Waals surface area contributed by atoms with Gasteiger partial charge in [0.15, 0.2) is 16.8 Å². The molecule has 1 aromatic heterocycles. The van der Waals surface area contributed by atoms with Crippen molar-refractivity contribution in [3.05, 3.63) is 105 Å². The molecular formula is C26H22O4. The van der Waals surface area contributed by atoms with Gasteiger partial charge in [-0.25, -0.2) is 0 Å². The first-order valence-corrected chi connectivity index (χ1v) is 10.2. The summed E-state index contributed by atoms with van der Waals surface area (Å²) >= 11 is 0. The van der Waals surface area contributed by atoms with E-state index < -0.39 is 0 Å². The van der Waals surface area contributed by atoms with Crippen LogP contribution in [0.2, 0.25) is 0 Å². The third-order valence-corrected chi connectivity index (χ3v) is 5.43. The van der Waals surface area contributed by atoms with Gasteiger partial charge in [0.2, 0.25) is 0 Å². The predicted octanol–water partition coefficient (Wildman–Crippen LogP) is 5.44. The first-order chi connectivity index (χ1) is 14.8. The molecule has 0 atom stereocenters. The SMILES string of the molecule is O=c1c2c(oc3c(OCc4ccccc4)cc(OCc4ccccc4)cc13)CCC2. The molecule has 0 radical (unpaired) electrons. The van der Waals surface area contributed by atoms with Crippen molar-refractivity contribution in [3.63, 3.8) is 0 Å². The van der Waals surface area contributed by atoms with Crippen molar-refractivity contribution in [3.8, 4) is 11.5 Å². The van der Waals surface area contributed by atoms with E-state index in [4.69, 9.17) is 13.9 Å². The highest BCUT2D eigenvalue weighted by Gasteiger charge is 2.22. The first kappa shape index (κ1) is 18.5. The average molecular weight is 398 g/mol. The van der Waals surface area contributed by atoms with Gasteiger partial charge in [0.1, 0.15) is 24.7 Å². The summed E-state index contributed by atoms with van der Waals surface area (Å²) in [6, 6.07) is 23.5. The van der Waals surface area contributed by atoms with Gasteiger partial charge in [-0.15, -0.1) is 0 Å². The Kier molecular flexibility index (Phi) is 4.98. The van der Waals surface area contributed by atoms with Crippen molar-refractivity contribution >= 4 is 11.0 Å². The summed E-state index contributed by atoms with van der Waals surface area (Å²) < 4.78 is 18.2. The van der Waals surface area contributed by atoms with Crippen LogP contribution in [-0.4, -0.2) is 0 Å². The Hall–Kier alpha value is -3.53. The molecule has 0 unspecified atom stereocenters. The van der Waals surface area contributed by atoms with E-state index in [0.29, 0.717) is 35.7 Å². The van der Waals surface area contributed by atoms with Crippen LogP contribution in [0.1, 0.15) is 28.9 Å². The lowest BCUT2D eigenvalue weighted by atomic mass is 10.1. The Balaban J connectivity index is 1.53. The molecule has 0 saturated heterocycles. The third kappa shape index (κ3) is 3.69. The molecule has 1 heterocycles. The fourth-order valence-corrected chi connectivity index (χ4v) is 3.87. The second-order valence-electron chi connectivity index (χ2n) is 7.53. The third-order valence-electron chi connectivity index (χ3n) is 5.43. The van der Waals surface area contributed by atoms with E-state index in [-0.39, 0.29) is 5.43 Å². The number of hydrogen-bond donors (Lipinski definition) is 0. The quantitative estimate of drug-likeness (QED) is 0.434. The molecule has 150 valence electrons. The molecule has 0 N–H and O–H groups in total. The van der Waals surface area contributed by atoms with E-state index in [9.17, 15) is 4.79 Å². The molecule has 1 aliphatic carbocycles. The molecule has 0 aliphatic heterocycles. The van der Waals surface area contributed by atoms with Crippen LogP contribution in [-0.2, 0) is 26.1 Å². The van der Waals surface area contributed by atoms with E-state index in [1.54, 1.807) is 6.07 Å². The van der Waals surface area contributed by atoms with Crippen LogP contribution in [0.3, 0.4) is 0 Å². The molecule has 30 heavy (non-hydrogen) atoms. The number of benzene rings is 3. The fraction of sp³-hybridized carbons (Fsp3) is 0.192. The molecule has 5 rings (SSSR count). The standard InChI is InChI=1S/C26H22O4/c27-25-21-12-7-13-23(21)30-26-22(25)14-20(28-16-18-8-3-1-4-9-18)15-24(26)29-17-19-10-5-2-6-11-19/h1-6,8-11,14-15H,7,12-13,16-17H2. The topological polar surface area (TPSA) is 48.7 Å². The maximum Gasteiger partial charge on any atom is 0.196 e. The molecule has 1 aliphatic rings. The molecule has 0 fully saturated rings. The van der Waals surface area contributed by atoms with Gasteiger partial charge in [-0.3, -0.25) is 4.79 Å². The molecule has 0 bridgehead atoms. The molecule has 0 saturated carbocycles. The second kappa shape index (κ2) is 8.07. The highest BCUT2D eigenvalue weighted by Crippen LogP contribution is 2.34. The van der Waals surface area contributed by atoms with Gasteiger partial charge in [-0.1, -0.05) is 60.7 Å². The maximum atomic E-state index is 13.1. The van der Waals surface area contributed by atoms with Crippen molar-refractivity contribution in [2.75, 3.05) is 0 Å². The molecule has 0 amide bonds. The van der Waals surface area contributed by atoms with Gasteiger partial charge in [-0.05, 0) is 30.0 Å². The minimum absolute atomic E-state index is 0.0264. The van der Waals surface area contributed by atoms with Crippen LogP contribution in [0.15, 0.2) is 82.0 Å². The summed E-state index contributed by atoms with van der Waals surface area (Å²) in [5.41, 5.74) is 3.42. The zero-order valence-electron chi connectivity index (χ0n) is 16.6. The lowest BCUT2D eigenvalue weighted by Crippen LogP contribution is -2.10. The molecule has 0 spiro atoms. The van der Waals surface area contributed by atoms with Crippen LogP contribution < -0.4 is 14.9 Å². The summed E-state index contributed by atoms with van der Waals surface area (Å²) in [5, 5.41) is 0.518. The van der Waals surface area contributed by atoms with Crippen molar-refractivity contribution in [1.82, 2.24) is 0 Å². The van der Waals surface area contributed by atoms with Crippen LogP contribution >= 0.6 is 0 Å². The normalized spacial score (nSPS) is 12.7. The first-order valence-electron chi connectivity index (χ1n) is 10.2. The number of rotatable bonds is 6. The van der Waals surface area contributed by atoms with Crippen molar-refractivity contribution in [1.29, 1.82) is 0 Å². The van der Waals surface area contributed by atoms with Gasteiger partial charge in [0.25, 0.3) is 0 Å². The Morgan fingerprint density at radius 3 is 2.17 bits per heavy atom. The van der Waals surface area contributed by atoms with Crippen LogP contribution in [0.5, 0.6) is 11.5 Å². The zero-order valence-corrected chi connectivity index (χ0v) is 16.6. The average Bonchev–Trinajstić information content (AvgIpc) is 3.27. The van der Waals surface area contributed by atoms with E-state index in [1.807, 2.05) is 66.7 Å². The lowest BCUT2D eigenvalue weighted by Gasteiger charge is -2.13. The Morgan fingerprint density at radius 1 is 0.800 bits per heavy atom. The second-order valence-corrected chi connectivity index (χ2v) is 7.53. The van der Waals surface area contributed by atoms with Crippen LogP contribution in [0.4, 0.5) is 0 Å². The summed E-state index contributed by atoms with van der Waals surface area (Å²) in [5.74, 6) is 1.92. The van der Waals surface area contributed by atoms with Crippen LogP contribution in [0.25, 0.3) is 11.0 Å². The van der Waals surface area contributed by atoms with E-state index in [1.165, 1.54) is 0 Å². The highest BCUT2D eigenvalue weighted by molar-refractivity contribution is 5.85. The summed E-state index contributed by atoms with van der Waals surface area (Å²) in [6.07, 6.45) is 2.51. The Bertz CT molecular complexity index is 1230. The Labute approximate surface area is 174 Å². The van der Waals surface area contributed by atoms with Crippen molar-refractivity contribution < 1.29 is 13.9 Å². The van der Waals surface area contributed by atoms with Gasteiger partial charge in [-0.2, -0.15) is 0 Å². The minimum atomic E-state index is 0.0264. The largest absolute Gasteiger partial charge is 0.489 e. The molecule has 3 aromatic carbocycles. The number of hydrogen-bond acceptors (Lipinski definition) is 4. The van der Waals surface area contributed by atoms with Crippen LogP contribution in [0, 0.1) is 0 Å². The van der Waals surface area contributed by atoms with Crippen molar-refractivity contribution in [2.45, 2.75) is 32.5 Å². The highest BCUT2D eigenvalue weighted by atomic mass is 16.5. The van der Waals surface area contributed by atoms with Crippen molar-refractivity contribution in [2.24, 2.45) is 0 Å². The molecular weight excluding hydrogens is 376 g/mol. The van der Waals surface area contributed by atoms with Gasteiger partial charge < -0.3 is 13.9 Å². The number of fused-ring (bicyclic) bond motifs is 2. The molecule has 4 nitrogen and oxygen atoms in total. The maximum absolute atomic E-state index is 13.1. The van der Waals surface area contributed by atoms with Gasteiger partial charge in [0.05, 0.1) is 5.39 Å². The summed E-state index contributed by atoms with van der Waals surface area (Å²) in [4.78, 5) is 13.1. The number of ether oxygens (including phenoxy) is 2. The number of aryl methyl sites for hydroxylation is 1. The molecule has 4 heteroatoms. The Morgan fingerprint density at radius 2 is 1.47 bits per heavy atom. The van der Waals surface area contributed by atoms with E-state index in [0.717, 1.165) is 41.7 Å². The van der Waals surface area contributed by atoms with E-state index >= 15 is 0 Å². The fourth-order valence-electron chi connectivity index (χ4n) is 3.87. The summed E-state index contributed by atoms with van der Waals surface area (Å²) in [6.45, 7) is 0.805. The zero-order chi connectivity index (χ0) is 20.3. The van der Waals surface area contributed by atoms with E-state index in [2.05, 4.69) is 0 Å². The minimum Gasteiger partial charge on any atom is -0.489 e. The van der Waals surface area contributed by atoms with Gasteiger partial charge in [0, 0.05) is 18.1 Å². The monoisotopic (exact) mass is 398 g/mol. The van der Waals surface area contributed by atoms with Gasteiger partial charge >= 0.3 is 0 Å². The summed E-state index contributed by atoms with van der Waals surface area (Å²) in [7, 11) is 0. The predicted molar refractivity (Wildman–Crippen MR) is 116 cm³/mol. The molecule has 4 aromatic rings. The lowest BCUT2D eigenvalue weighted by molar-refractivity contribution is 0.289. The smallest absolute Gasteiger partial charge is 0.196 e.